The highest BCUT2D eigenvalue weighted by molar-refractivity contribution is 5.66. The molecule has 0 bridgehead atoms. The lowest BCUT2D eigenvalue weighted by atomic mass is 10.1. The van der Waals surface area contributed by atoms with Crippen LogP contribution in [0.2, 0.25) is 0 Å². The number of aliphatic hydroxyl groups is 2. The lowest BCUT2D eigenvalue weighted by Gasteiger charge is -1.99. The standard InChI is InChI=1S/C18H34O2.C4H10O2/c1-2-3-4-5-6-7-8-9-10-11-12-13-14-15-16-17-18(19)20;1-4(6)2-3-5/h9-10H,2-8,11-17H2,1H3,(H,19,20);4-6H,2-3H2,1H3/b10-9-;. The second-order valence-corrected chi connectivity index (χ2v) is 7.09. The first-order valence-corrected chi connectivity index (χ1v) is 10.7. The maximum Gasteiger partial charge on any atom is 0.303 e. The molecule has 0 heterocycles. The molecule has 0 aromatic carbocycles. The zero-order chi connectivity index (χ0) is 19.9. The number of allylic oxidation sites excluding steroid dienone is 2. The van der Waals surface area contributed by atoms with Crippen molar-refractivity contribution in [3.05, 3.63) is 12.2 Å². The van der Waals surface area contributed by atoms with E-state index in [0.29, 0.717) is 12.8 Å². The molecule has 0 saturated heterocycles. The molecule has 0 aliphatic heterocycles. The highest BCUT2D eigenvalue weighted by atomic mass is 16.4. The van der Waals surface area contributed by atoms with Crippen LogP contribution in [0.25, 0.3) is 0 Å². The summed E-state index contributed by atoms with van der Waals surface area (Å²) in [7, 11) is 0. The minimum absolute atomic E-state index is 0.0810. The minimum atomic E-state index is -0.664. The topological polar surface area (TPSA) is 77.8 Å². The van der Waals surface area contributed by atoms with Crippen LogP contribution in [-0.2, 0) is 4.79 Å². The van der Waals surface area contributed by atoms with E-state index in [1.165, 1.54) is 70.6 Å². The maximum absolute atomic E-state index is 10.3. The normalized spacial score (nSPS) is 12.0. The number of unbranched alkanes of at least 4 members (excludes halogenated alkanes) is 11. The first kappa shape index (κ1) is 27.3. The first-order chi connectivity index (χ1) is 12.5. The Balaban J connectivity index is 0. The largest absolute Gasteiger partial charge is 0.481 e. The van der Waals surface area contributed by atoms with E-state index in [2.05, 4.69) is 19.1 Å². The van der Waals surface area contributed by atoms with Crippen molar-refractivity contribution >= 4 is 5.97 Å². The van der Waals surface area contributed by atoms with Crippen molar-refractivity contribution in [1.82, 2.24) is 0 Å². The van der Waals surface area contributed by atoms with Crippen LogP contribution in [0, 0.1) is 0 Å². The fraction of sp³-hybridized carbons (Fsp3) is 0.864. The van der Waals surface area contributed by atoms with Crippen molar-refractivity contribution in [1.29, 1.82) is 0 Å². The van der Waals surface area contributed by atoms with E-state index in [1.807, 2.05) is 0 Å². The van der Waals surface area contributed by atoms with Crippen LogP contribution in [0.4, 0.5) is 0 Å². The summed E-state index contributed by atoms with van der Waals surface area (Å²) >= 11 is 0. The highest BCUT2D eigenvalue weighted by Gasteiger charge is 1.95. The van der Waals surface area contributed by atoms with Gasteiger partial charge in [-0.1, -0.05) is 70.4 Å². The molecule has 0 rings (SSSR count). The Morgan fingerprint density at radius 3 is 1.69 bits per heavy atom. The van der Waals surface area contributed by atoms with E-state index in [0.717, 1.165) is 12.8 Å². The van der Waals surface area contributed by atoms with Gasteiger partial charge >= 0.3 is 5.97 Å². The molecule has 0 spiro atoms. The van der Waals surface area contributed by atoms with Gasteiger partial charge in [0.1, 0.15) is 0 Å². The Morgan fingerprint density at radius 1 is 0.846 bits per heavy atom. The number of aliphatic carboxylic acids is 1. The Hall–Kier alpha value is -0.870. The second-order valence-electron chi connectivity index (χ2n) is 7.09. The SMILES string of the molecule is CC(O)CCO.CCCCCCCC/C=C\CCCCCCCC(=O)O. The molecule has 0 amide bonds. The van der Waals surface area contributed by atoms with Gasteiger partial charge in [-0.05, 0) is 45.4 Å². The van der Waals surface area contributed by atoms with E-state index in [4.69, 9.17) is 15.3 Å². The number of carbonyl (C=O) groups is 1. The summed E-state index contributed by atoms with van der Waals surface area (Å²) in [6.45, 7) is 3.99. The molecular formula is C22H44O4. The zero-order valence-corrected chi connectivity index (χ0v) is 17.3. The van der Waals surface area contributed by atoms with Crippen molar-refractivity contribution in [3.63, 3.8) is 0 Å². The van der Waals surface area contributed by atoms with Gasteiger partial charge in [-0.2, -0.15) is 0 Å². The maximum atomic E-state index is 10.3. The number of hydrogen-bond donors (Lipinski definition) is 3. The molecular weight excluding hydrogens is 328 g/mol. The predicted octanol–water partition coefficient (Wildman–Crippen LogP) is 5.86. The molecule has 0 aromatic rings. The van der Waals surface area contributed by atoms with Crippen molar-refractivity contribution in [2.75, 3.05) is 6.61 Å². The third kappa shape index (κ3) is 31.0. The summed E-state index contributed by atoms with van der Waals surface area (Å²) in [6, 6.07) is 0. The second kappa shape index (κ2) is 24.1. The third-order valence-corrected chi connectivity index (χ3v) is 4.20. The molecule has 0 aliphatic carbocycles. The van der Waals surface area contributed by atoms with Gasteiger partial charge in [0.25, 0.3) is 0 Å². The molecule has 0 aromatic heterocycles. The molecule has 0 saturated carbocycles. The molecule has 3 N–H and O–H groups in total. The lowest BCUT2D eigenvalue weighted by Crippen LogP contribution is -2.00. The monoisotopic (exact) mass is 372 g/mol. The van der Waals surface area contributed by atoms with Crippen LogP contribution in [0.15, 0.2) is 12.2 Å². The van der Waals surface area contributed by atoms with E-state index in [9.17, 15) is 4.79 Å². The molecule has 26 heavy (non-hydrogen) atoms. The van der Waals surface area contributed by atoms with E-state index < -0.39 is 5.97 Å². The van der Waals surface area contributed by atoms with Gasteiger partial charge in [-0.3, -0.25) is 4.79 Å². The van der Waals surface area contributed by atoms with Crippen LogP contribution < -0.4 is 0 Å². The Labute approximate surface area is 161 Å². The van der Waals surface area contributed by atoms with Crippen LogP contribution in [-0.4, -0.2) is 34.0 Å². The van der Waals surface area contributed by atoms with Crippen LogP contribution in [0.1, 0.15) is 110 Å². The van der Waals surface area contributed by atoms with Gasteiger partial charge in [-0.25, -0.2) is 0 Å². The quantitative estimate of drug-likeness (QED) is 0.221. The minimum Gasteiger partial charge on any atom is -0.481 e. The van der Waals surface area contributed by atoms with E-state index in [1.54, 1.807) is 6.92 Å². The van der Waals surface area contributed by atoms with Crippen LogP contribution in [0.3, 0.4) is 0 Å². The average molecular weight is 373 g/mol. The first-order valence-electron chi connectivity index (χ1n) is 10.7. The molecule has 156 valence electrons. The summed E-state index contributed by atoms with van der Waals surface area (Å²) in [5, 5.41) is 25.0. The molecule has 0 fully saturated rings. The van der Waals surface area contributed by atoms with Gasteiger partial charge < -0.3 is 15.3 Å². The fourth-order valence-corrected chi connectivity index (χ4v) is 2.53. The number of aliphatic hydroxyl groups excluding tert-OH is 2. The highest BCUT2D eigenvalue weighted by Crippen LogP contribution is 2.09. The van der Waals surface area contributed by atoms with Crippen molar-refractivity contribution in [2.45, 2.75) is 116 Å². The van der Waals surface area contributed by atoms with Gasteiger partial charge in [-0.15, -0.1) is 0 Å². The fourth-order valence-electron chi connectivity index (χ4n) is 2.53. The molecule has 1 unspecified atom stereocenters. The summed E-state index contributed by atoms with van der Waals surface area (Å²) in [5.74, 6) is -0.664. The molecule has 4 nitrogen and oxygen atoms in total. The van der Waals surface area contributed by atoms with Gasteiger partial charge in [0.15, 0.2) is 0 Å². The third-order valence-electron chi connectivity index (χ3n) is 4.20. The van der Waals surface area contributed by atoms with Crippen LogP contribution in [0.5, 0.6) is 0 Å². The van der Waals surface area contributed by atoms with Crippen molar-refractivity contribution in [3.8, 4) is 0 Å². The van der Waals surface area contributed by atoms with Gasteiger partial charge in [0.05, 0.1) is 6.10 Å². The molecule has 0 radical (unpaired) electrons. The van der Waals surface area contributed by atoms with E-state index in [-0.39, 0.29) is 12.7 Å². The Morgan fingerprint density at radius 2 is 1.31 bits per heavy atom. The predicted molar refractivity (Wildman–Crippen MR) is 110 cm³/mol. The summed E-state index contributed by atoms with van der Waals surface area (Å²) in [6.07, 6.45) is 21.4. The summed E-state index contributed by atoms with van der Waals surface area (Å²) < 4.78 is 0. The zero-order valence-electron chi connectivity index (χ0n) is 17.3. The summed E-state index contributed by atoms with van der Waals surface area (Å²) in [5.41, 5.74) is 0. The molecule has 4 heteroatoms. The number of carboxylic acids is 1. The van der Waals surface area contributed by atoms with Gasteiger partial charge in [0.2, 0.25) is 0 Å². The summed E-state index contributed by atoms with van der Waals surface area (Å²) in [4.78, 5) is 10.3. The van der Waals surface area contributed by atoms with Crippen LogP contribution >= 0.6 is 0 Å². The average Bonchev–Trinajstić information content (AvgIpc) is 2.58. The number of rotatable bonds is 17. The Kier molecular flexibility index (Phi) is 25.4. The number of hydrogen-bond acceptors (Lipinski definition) is 3. The molecule has 1 atom stereocenters. The van der Waals surface area contributed by atoms with Gasteiger partial charge in [0, 0.05) is 13.0 Å². The Bertz CT molecular complexity index is 301. The number of carboxylic acid groups (broad SMARTS) is 1. The molecule has 0 aliphatic rings. The van der Waals surface area contributed by atoms with Crippen molar-refractivity contribution < 1.29 is 20.1 Å². The van der Waals surface area contributed by atoms with E-state index >= 15 is 0 Å². The van der Waals surface area contributed by atoms with Crippen molar-refractivity contribution in [2.24, 2.45) is 0 Å². The lowest BCUT2D eigenvalue weighted by molar-refractivity contribution is -0.137. The smallest absolute Gasteiger partial charge is 0.303 e.